The fourth-order valence-corrected chi connectivity index (χ4v) is 3.57. The van der Waals surface area contributed by atoms with Crippen molar-refractivity contribution < 1.29 is 74.2 Å². The van der Waals surface area contributed by atoms with E-state index in [2.05, 4.69) is 0 Å². The Morgan fingerprint density at radius 1 is 1.43 bits per heavy atom. The van der Waals surface area contributed by atoms with Crippen LogP contribution in [0.2, 0.25) is 0 Å². The van der Waals surface area contributed by atoms with Crippen LogP contribution in [0.25, 0.3) is 10.2 Å². The van der Waals surface area contributed by atoms with E-state index in [0.29, 0.717) is 3.95 Å². The standard InChI is InChI=1S/C11H13NO5S3.K/c13-8(6-20(14,15)16)5-17-7-12-9-3-1-2-4-10(9)19-11(12)18;/h1-4,8,13H,5-7H2,(H,14,15,16);/q;+1/p-1. The number of hydrogen-bond acceptors (Lipinski definition) is 7. The fourth-order valence-electron chi connectivity index (χ4n) is 1.70. The summed E-state index contributed by atoms with van der Waals surface area (Å²) in [5.41, 5.74) is 0.911. The summed E-state index contributed by atoms with van der Waals surface area (Å²) in [5.74, 6) is -0.858. The maximum absolute atomic E-state index is 10.5. The first-order chi connectivity index (χ1) is 9.37. The molecule has 0 amide bonds. The average molecular weight is 374 g/mol. The Morgan fingerprint density at radius 3 is 2.76 bits per heavy atom. The van der Waals surface area contributed by atoms with Crippen LogP contribution in [-0.4, -0.2) is 41.1 Å². The third kappa shape index (κ3) is 6.07. The number of thiazole rings is 1. The number of nitrogens with zero attached hydrogens (tertiary/aromatic N) is 1. The number of ether oxygens (including phenoxy) is 1. The van der Waals surface area contributed by atoms with Crippen LogP contribution in [0.3, 0.4) is 0 Å². The van der Waals surface area contributed by atoms with Gasteiger partial charge >= 0.3 is 51.4 Å². The van der Waals surface area contributed by atoms with Crippen molar-refractivity contribution in [3.8, 4) is 0 Å². The summed E-state index contributed by atoms with van der Waals surface area (Å²) in [4.78, 5) is 0. The van der Waals surface area contributed by atoms with Crippen LogP contribution in [0, 0.1) is 3.95 Å². The number of rotatable bonds is 6. The molecule has 1 atom stereocenters. The molecule has 21 heavy (non-hydrogen) atoms. The molecule has 1 aromatic carbocycles. The molecule has 0 saturated heterocycles. The number of benzene rings is 1. The second-order valence-electron chi connectivity index (χ2n) is 4.14. The second-order valence-corrected chi connectivity index (χ2v) is 7.27. The maximum Gasteiger partial charge on any atom is 1.00 e. The summed E-state index contributed by atoms with van der Waals surface area (Å²) in [7, 11) is -4.46. The predicted molar refractivity (Wildman–Crippen MR) is 77.2 cm³/mol. The number of aliphatic hydroxyl groups is 1. The summed E-state index contributed by atoms with van der Waals surface area (Å²) >= 11 is 6.65. The molecule has 1 unspecified atom stereocenters. The van der Waals surface area contributed by atoms with Gasteiger partial charge in [-0.2, -0.15) is 0 Å². The molecule has 0 spiro atoms. The molecule has 0 aliphatic carbocycles. The van der Waals surface area contributed by atoms with Gasteiger partial charge in [0.15, 0.2) is 3.95 Å². The molecule has 2 aromatic rings. The van der Waals surface area contributed by atoms with E-state index in [1.54, 1.807) is 4.57 Å². The predicted octanol–water partition coefficient (Wildman–Crippen LogP) is -1.68. The molecule has 0 aliphatic rings. The molecule has 1 aromatic heterocycles. The molecule has 1 N–H and O–H groups in total. The van der Waals surface area contributed by atoms with Crippen molar-refractivity contribution in [2.45, 2.75) is 12.8 Å². The monoisotopic (exact) mass is 373 g/mol. The SMILES string of the molecule is O=S(=O)([O-])CC(O)COCn1c(=S)sc2ccccc21.[K+]. The smallest absolute Gasteiger partial charge is 0.748 e. The van der Waals surface area contributed by atoms with Crippen molar-refractivity contribution in [1.29, 1.82) is 0 Å². The van der Waals surface area contributed by atoms with E-state index in [-0.39, 0.29) is 64.7 Å². The van der Waals surface area contributed by atoms with E-state index >= 15 is 0 Å². The minimum Gasteiger partial charge on any atom is -0.748 e. The number of aliphatic hydroxyl groups excluding tert-OH is 1. The van der Waals surface area contributed by atoms with Gasteiger partial charge in [0.05, 0.1) is 38.8 Å². The summed E-state index contributed by atoms with van der Waals surface area (Å²) in [6, 6.07) is 7.61. The van der Waals surface area contributed by atoms with E-state index in [1.807, 2.05) is 24.3 Å². The second kappa shape index (κ2) is 8.59. The minimum atomic E-state index is -4.46. The summed E-state index contributed by atoms with van der Waals surface area (Å²) in [5, 5.41) is 9.36. The van der Waals surface area contributed by atoms with Crippen molar-refractivity contribution in [3.63, 3.8) is 0 Å². The first-order valence-corrected chi connectivity index (χ1v) is 8.45. The van der Waals surface area contributed by atoms with Gasteiger partial charge in [-0.3, -0.25) is 4.57 Å². The van der Waals surface area contributed by atoms with Crippen LogP contribution in [0.1, 0.15) is 0 Å². The van der Waals surface area contributed by atoms with Crippen LogP contribution in [-0.2, 0) is 21.6 Å². The number of para-hydroxylation sites is 1. The summed E-state index contributed by atoms with van der Waals surface area (Å²) in [6.45, 7) is -0.147. The third-order valence-corrected chi connectivity index (χ3v) is 4.72. The zero-order valence-electron chi connectivity index (χ0n) is 11.3. The van der Waals surface area contributed by atoms with Gasteiger partial charge in [-0.15, -0.1) is 11.3 Å². The Morgan fingerprint density at radius 2 is 2.10 bits per heavy atom. The van der Waals surface area contributed by atoms with E-state index in [9.17, 15) is 18.1 Å². The Bertz CT molecular complexity index is 755. The van der Waals surface area contributed by atoms with Crippen molar-refractivity contribution in [2.75, 3.05) is 12.4 Å². The summed E-state index contributed by atoms with van der Waals surface area (Å²) < 4.78 is 40.0. The van der Waals surface area contributed by atoms with Gasteiger partial charge < -0.3 is 14.4 Å². The minimum absolute atomic E-state index is 0. The van der Waals surface area contributed by atoms with Crippen LogP contribution in [0.5, 0.6) is 0 Å². The molecule has 10 heteroatoms. The van der Waals surface area contributed by atoms with Crippen LogP contribution < -0.4 is 51.4 Å². The van der Waals surface area contributed by atoms with E-state index in [0.717, 1.165) is 10.2 Å². The van der Waals surface area contributed by atoms with E-state index in [1.165, 1.54) is 11.3 Å². The molecule has 0 radical (unpaired) electrons. The Kier molecular flexibility index (Phi) is 8.12. The third-order valence-electron chi connectivity index (χ3n) is 2.50. The maximum atomic E-state index is 10.5. The largest absolute Gasteiger partial charge is 1.00 e. The zero-order valence-corrected chi connectivity index (χ0v) is 16.8. The van der Waals surface area contributed by atoms with Crippen molar-refractivity contribution in [3.05, 3.63) is 28.2 Å². The van der Waals surface area contributed by atoms with Gasteiger partial charge in [0.2, 0.25) is 0 Å². The molecule has 0 bridgehead atoms. The fraction of sp³-hybridized carbons (Fsp3) is 0.364. The van der Waals surface area contributed by atoms with Crippen LogP contribution in [0.15, 0.2) is 24.3 Å². The first kappa shape index (κ1) is 19.8. The van der Waals surface area contributed by atoms with Crippen molar-refractivity contribution in [2.24, 2.45) is 0 Å². The quantitative estimate of drug-likeness (QED) is 0.369. The van der Waals surface area contributed by atoms with Gasteiger partial charge in [-0.05, 0) is 24.4 Å². The Balaban J connectivity index is 0.00000220. The molecule has 0 aliphatic heterocycles. The molecular formula is C11H12KNO5S3. The molecular weight excluding hydrogens is 361 g/mol. The zero-order chi connectivity index (χ0) is 14.8. The van der Waals surface area contributed by atoms with E-state index in [4.69, 9.17) is 17.0 Å². The number of fused-ring (bicyclic) bond motifs is 1. The number of hydrogen-bond donors (Lipinski definition) is 1. The molecule has 2 rings (SSSR count). The van der Waals surface area contributed by atoms with Crippen molar-refractivity contribution in [1.82, 2.24) is 4.57 Å². The molecule has 110 valence electrons. The Labute approximate surface area is 173 Å². The average Bonchev–Trinajstić information content (AvgIpc) is 2.64. The molecule has 0 saturated carbocycles. The van der Waals surface area contributed by atoms with Gasteiger partial charge in [0, 0.05) is 0 Å². The van der Waals surface area contributed by atoms with Crippen LogP contribution >= 0.6 is 23.6 Å². The van der Waals surface area contributed by atoms with Gasteiger partial charge in [-0.1, -0.05) is 12.1 Å². The summed E-state index contributed by atoms with van der Waals surface area (Å²) in [6.07, 6.45) is -1.34. The first-order valence-electron chi connectivity index (χ1n) is 5.64. The van der Waals surface area contributed by atoms with Crippen LogP contribution in [0.4, 0.5) is 0 Å². The van der Waals surface area contributed by atoms with Gasteiger partial charge in [0.25, 0.3) is 0 Å². The normalized spacial score (nSPS) is 13.0. The van der Waals surface area contributed by atoms with Crippen molar-refractivity contribution >= 4 is 43.9 Å². The number of aromatic nitrogens is 1. The van der Waals surface area contributed by atoms with E-state index < -0.39 is 22.0 Å². The van der Waals surface area contributed by atoms with Gasteiger partial charge in [-0.25, -0.2) is 8.42 Å². The molecule has 6 nitrogen and oxygen atoms in total. The van der Waals surface area contributed by atoms with Gasteiger partial charge in [0.1, 0.15) is 6.73 Å². The molecule has 0 fully saturated rings. The Hall–Kier alpha value is 0.796. The topological polar surface area (TPSA) is 91.6 Å². The molecule has 1 heterocycles.